The predicted molar refractivity (Wildman–Crippen MR) is 93.1 cm³/mol. The molecule has 10 heteroatoms. The third-order valence-electron chi connectivity index (χ3n) is 4.66. The van der Waals surface area contributed by atoms with Crippen molar-refractivity contribution in [3.63, 3.8) is 0 Å². The number of aromatic carboxylic acids is 1. The Morgan fingerprint density at radius 1 is 0.966 bits per heavy atom. The van der Waals surface area contributed by atoms with Gasteiger partial charge in [0.05, 0.1) is 11.6 Å². The number of aliphatic hydroxyl groups is 1. The molecule has 1 aliphatic heterocycles. The maximum absolute atomic E-state index is 13.8. The molecule has 0 unspecified atom stereocenters. The molecule has 0 aliphatic carbocycles. The Balaban J connectivity index is 2.14. The molecule has 152 valence electrons. The number of benzene rings is 2. The van der Waals surface area contributed by atoms with Gasteiger partial charge in [0.25, 0.3) is 0 Å². The number of rotatable bonds is 4. The summed E-state index contributed by atoms with van der Waals surface area (Å²) in [5.74, 6) is -4.47. The summed E-state index contributed by atoms with van der Waals surface area (Å²) in [5.41, 5.74) is -4.03. The van der Waals surface area contributed by atoms with Gasteiger partial charge in [0.2, 0.25) is 5.72 Å². The van der Waals surface area contributed by atoms with Crippen LogP contribution in [-0.2, 0) is 0 Å². The predicted octanol–water partition coefficient (Wildman–Crippen LogP) is 2.49. The Morgan fingerprint density at radius 2 is 1.55 bits per heavy atom. The molecule has 0 saturated carbocycles. The second-order valence-corrected chi connectivity index (χ2v) is 6.48. The van der Waals surface area contributed by atoms with E-state index in [1.807, 2.05) is 0 Å². The highest BCUT2D eigenvalue weighted by Gasteiger charge is 2.66. The first-order valence-corrected chi connectivity index (χ1v) is 8.35. The molecular formula is C19H15F3N2O5. The maximum Gasteiger partial charge on any atom is 0.437 e. The van der Waals surface area contributed by atoms with Gasteiger partial charge >= 0.3 is 18.2 Å². The van der Waals surface area contributed by atoms with Crippen LogP contribution >= 0.6 is 0 Å². The van der Waals surface area contributed by atoms with Gasteiger partial charge in [-0.25, -0.2) is 9.59 Å². The molecule has 29 heavy (non-hydrogen) atoms. The van der Waals surface area contributed by atoms with Gasteiger partial charge in [-0.15, -0.1) is 0 Å². The number of Topliss-reactive ketones (excluding diaryl/α,β-unsaturated/α-hetero) is 1. The summed E-state index contributed by atoms with van der Waals surface area (Å²) in [5, 5.41) is 23.1. The Hall–Kier alpha value is -3.40. The summed E-state index contributed by atoms with van der Waals surface area (Å²) >= 11 is 0. The second-order valence-electron chi connectivity index (χ2n) is 6.48. The summed E-state index contributed by atoms with van der Waals surface area (Å²) in [4.78, 5) is 35.9. The minimum atomic E-state index is -5.36. The number of alkyl halides is 3. The third-order valence-corrected chi connectivity index (χ3v) is 4.66. The van der Waals surface area contributed by atoms with E-state index in [0.717, 1.165) is 12.1 Å². The molecule has 0 radical (unpaired) electrons. The minimum Gasteiger partial charge on any atom is -0.478 e. The van der Waals surface area contributed by atoms with E-state index >= 15 is 0 Å². The topological polar surface area (TPSA) is 116 Å². The average Bonchev–Trinajstić information content (AvgIpc) is 2.67. The monoisotopic (exact) mass is 408 g/mol. The average molecular weight is 408 g/mol. The Kier molecular flexibility index (Phi) is 5.05. The lowest BCUT2D eigenvalue weighted by Gasteiger charge is -2.45. The number of nitrogens with one attached hydrogen (secondary N) is 2. The summed E-state index contributed by atoms with van der Waals surface area (Å²) in [6.07, 6.45) is -5.36. The second kappa shape index (κ2) is 7.21. The van der Waals surface area contributed by atoms with Crippen molar-refractivity contribution < 1.29 is 37.8 Å². The number of carbonyl (C=O) groups excluding carboxylic acids is 2. The molecule has 2 aromatic rings. The first-order chi connectivity index (χ1) is 13.5. The molecule has 1 heterocycles. The lowest BCUT2D eigenvalue weighted by Crippen LogP contribution is -2.72. The van der Waals surface area contributed by atoms with Gasteiger partial charge in [-0.2, -0.15) is 13.2 Å². The number of hydrogen-bond acceptors (Lipinski definition) is 4. The quantitative estimate of drug-likeness (QED) is 0.580. The first kappa shape index (κ1) is 20.3. The SMILES string of the molecule is O=C1N[C@@H](c2ccc(C(=O)O)cc2)[C@@H](C(=O)c2ccccc2)[C@@](O)(C(F)(F)F)N1. The number of amides is 2. The zero-order valence-corrected chi connectivity index (χ0v) is 14.6. The van der Waals surface area contributed by atoms with E-state index in [2.05, 4.69) is 5.32 Å². The first-order valence-electron chi connectivity index (χ1n) is 8.35. The normalized spacial score (nSPS) is 24.3. The third kappa shape index (κ3) is 3.66. The zero-order valence-electron chi connectivity index (χ0n) is 14.6. The van der Waals surface area contributed by atoms with Crippen molar-refractivity contribution in [2.24, 2.45) is 5.92 Å². The summed E-state index contributed by atoms with van der Waals surface area (Å²) in [6.45, 7) is 0. The molecule has 0 spiro atoms. The molecule has 1 aliphatic rings. The van der Waals surface area contributed by atoms with Crippen LogP contribution in [0.5, 0.6) is 0 Å². The fourth-order valence-electron chi connectivity index (χ4n) is 3.23. The van der Waals surface area contributed by atoms with Crippen LogP contribution in [0, 0.1) is 5.92 Å². The van der Waals surface area contributed by atoms with E-state index in [1.54, 1.807) is 6.07 Å². The number of ketones is 1. The van der Waals surface area contributed by atoms with Crippen LogP contribution in [0.4, 0.5) is 18.0 Å². The fourth-order valence-corrected chi connectivity index (χ4v) is 3.23. The minimum absolute atomic E-state index is 0.0295. The molecule has 2 aromatic carbocycles. The number of carboxylic acid groups (broad SMARTS) is 1. The van der Waals surface area contributed by atoms with Gasteiger partial charge < -0.3 is 20.8 Å². The number of halogens is 3. The Bertz CT molecular complexity index is 947. The van der Waals surface area contributed by atoms with Crippen LogP contribution in [0.1, 0.15) is 32.3 Å². The number of carbonyl (C=O) groups is 3. The molecule has 7 nitrogen and oxygen atoms in total. The van der Waals surface area contributed by atoms with E-state index in [4.69, 9.17) is 5.11 Å². The number of carboxylic acids is 1. The van der Waals surface area contributed by atoms with Crippen molar-refractivity contribution >= 4 is 17.8 Å². The standard InChI is InChI=1S/C19H15F3N2O5/c20-19(21,22)18(29)13(15(25)11-4-2-1-3-5-11)14(23-17(28)24-18)10-6-8-12(9-7-10)16(26)27/h1-9,13-14,29H,(H,26,27)(H2,23,24,28)/t13-,14-,18+/m0/s1. The molecule has 0 aromatic heterocycles. The summed E-state index contributed by atoms with van der Waals surface area (Å²) < 4.78 is 41.3. The van der Waals surface area contributed by atoms with Gasteiger partial charge in [-0.05, 0) is 17.7 Å². The molecule has 1 saturated heterocycles. The van der Waals surface area contributed by atoms with Gasteiger partial charge in [-0.1, -0.05) is 42.5 Å². The Labute approximate surface area is 162 Å². The molecular weight excluding hydrogens is 393 g/mol. The van der Waals surface area contributed by atoms with E-state index in [9.17, 15) is 32.7 Å². The van der Waals surface area contributed by atoms with Crippen LogP contribution in [0.2, 0.25) is 0 Å². The Morgan fingerprint density at radius 3 is 2.07 bits per heavy atom. The van der Waals surface area contributed by atoms with Crippen molar-refractivity contribution in [2.75, 3.05) is 0 Å². The van der Waals surface area contributed by atoms with Gasteiger partial charge in [0, 0.05) is 5.56 Å². The van der Waals surface area contributed by atoms with Crippen LogP contribution in [-0.4, -0.2) is 39.9 Å². The van der Waals surface area contributed by atoms with Gasteiger partial charge in [0.1, 0.15) is 5.92 Å². The van der Waals surface area contributed by atoms with E-state index in [-0.39, 0.29) is 16.7 Å². The smallest absolute Gasteiger partial charge is 0.437 e. The highest BCUT2D eigenvalue weighted by Crippen LogP contribution is 2.43. The molecule has 3 atom stereocenters. The van der Waals surface area contributed by atoms with Crippen molar-refractivity contribution in [3.8, 4) is 0 Å². The summed E-state index contributed by atoms with van der Waals surface area (Å²) in [7, 11) is 0. The van der Waals surface area contributed by atoms with E-state index in [0.29, 0.717) is 0 Å². The highest BCUT2D eigenvalue weighted by atomic mass is 19.4. The maximum atomic E-state index is 13.8. The molecule has 3 rings (SSSR count). The van der Waals surface area contributed by atoms with E-state index < -0.39 is 41.6 Å². The van der Waals surface area contributed by atoms with Gasteiger partial charge in [-0.3, -0.25) is 4.79 Å². The molecule has 2 amide bonds. The van der Waals surface area contributed by atoms with Crippen LogP contribution in [0.3, 0.4) is 0 Å². The molecule has 0 bridgehead atoms. The lowest BCUT2D eigenvalue weighted by atomic mass is 9.77. The highest BCUT2D eigenvalue weighted by molar-refractivity contribution is 6.00. The van der Waals surface area contributed by atoms with Crippen LogP contribution in [0.15, 0.2) is 54.6 Å². The molecule has 4 N–H and O–H groups in total. The van der Waals surface area contributed by atoms with Gasteiger partial charge in [0.15, 0.2) is 5.78 Å². The van der Waals surface area contributed by atoms with E-state index in [1.165, 1.54) is 41.7 Å². The molecule has 1 fully saturated rings. The van der Waals surface area contributed by atoms with Crippen molar-refractivity contribution in [2.45, 2.75) is 17.9 Å². The van der Waals surface area contributed by atoms with Crippen molar-refractivity contribution in [1.29, 1.82) is 0 Å². The lowest BCUT2D eigenvalue weighted by molar-refractivity contribution is -0.287. The number of urea groups is 1. The number of hydrogen-bond donors (Lipinski definition) is 4. The van der Waals surface area contributed by atoms with Crippen LogP contribution in [0.25, 0.3) is 0 Å². The zero-order chi connectivity index (χ0) is 21.4. The summed E-state index contributed by atoms with van der Waals surface area (Å²) in [6, 6.07) is 8.78. The fraction of sp³-hybridized carbons (Fsp3) is 0.211. The van der Waals surface area contributed by atoms with Crippen molar-refractivity contribution in [1.82, 2.24) is 10.6 Å². The van der Waals surface area contributed by atoms with Crippen molar-refractivity contribution in [3.05, 3.63) is 71.3 Å². The van der Waals surface area contributed by atoms with Crippen LogP contribution < -0.4 is 10.6 Å². The largest absolute Gasteiger partial charge is 0.478 e.